The Morgan fingerprint density at radius 2 is 1.88 bits per heavy atom. The lowest BCUT2D eigenvalue weighted by Crippen LogP contribution is -2.37. The van der Waals surface area contributed by atoms with E-state index in [1.807, 2.05) is 0 Å². The van der Waals surface area contributed by atoms with E-state index in [2.05, 4.69) is 15.9 Å². The van der Waals surface area contributed by atoms with Gasteiger partial charge in [-0.25, -0.2) is 0 Å². The van der Waals surface area contributed by atoms with Gasteiger partial charge in [0.05, 0.1) is 10.4 Å². The van der Waals surface area contributed by atoms with Crippen molar-refractivity contribution in [3.8, 4) is 0 Å². The van der Waals surface area contributed by atoms with E-state index in [9.17, 15) is 18.4 Å². The van der Waals surface area contributed by atoms with Gasteiger partial charge < -0.3 is 5.21 Å². The highest BCUT2D eigenvalue weighted by molar-refractivity contribution is 9.10. The van der Waals surface area contributed by atoms with Gasteiger partial charge in [-0.15, -0.1) is 0 Å². The summed E-state index contributed by atoms with van der Waals surface area (Å²) in [6.45, 7) is 0. The zero-order valence-corrected chi connectivity index (χ0v) is 10.4. The third kappa shape index (κ3) is 2.19. The Balaban J connectivity index is 2.86. The standard InChI is InChI=1S/C10H4BrClF3NO/c11-5-1-2-8-6(3-5)7(12)4-9(16(8)17)10(13,14)15/h1-4H. The van der Waals surface area contributed by atoms with Crippen LogP contribution < -0.4 is 4.73 Å². The van der Waals surface area contributed by atoms with Crippen LogP contribution in [0.25, 0.3) is 10.9 Å². The van der Waals surface area contributed by atoms with Crippen LogP contribution in [0.1, 0.15) is 5.69 Å². The summed E-state index contributed by atoms with van der Waals surface area (Å²) in [6.07, 6.45) is -4.73. The molecule has 1 aromatic heterocycles. The van der Waals surface area contributed by atoms with Gasteiger partial charge in [-0.3, -0.25) is 0 Å². The van der Waals surface area contributed by atoms with Gasteiger partial charge in [-0.2, -0.15) is 17.9 Å². The Kier molecular flexibility index (Phi) is 2.95. The van der Waals surface area contributed by atoms with Gasteiger partial charge in [0.1, 0.15) is 0 Å². The van der Waals surface area contributed by atoms with E-state index in [-0.39, 0.29) is 20.7 Å². The van der Waals surface area contributed by atoms with E-state index in [1.54, 1.807) is 0 Å². The predicted octanol–water partition coefficient (Wildman–Crippen LogP) is 3.91. The third-order valence-corrected chi connectivity index (χ3v) is 3.01. The molecule has 0 unspecified atom stereocenters. The van der Waals surface area contributed by atoms with Crippen LogP contribution in [0.2, 0.25) is 5.02 Å². The first-order valence-electron chi connectivity index (χ1n) is 4.39. The van der Waals surface area contributed by atoms with Crippen LogP contribution in [0, 0.1) is 5.21 Å². The topological polar surface area (TPSA) is 26.9 Å². The lowest BCUT2D eigenvalue weighted by atomic mass is 10.2. The van der Waals surface area contributed by atoms with Crippen molar-refractivity contribution < 1.29 is 17.9 Å². The van der Waals surface area contributed by atoms with Crippen LogP contribution in [0.5, 0.6) is 0 Å². The number of nitrogens with zero attached hydrogens (tertiary/aromatic N) is 1. The number of pyridine rings is 1. The van der Waals surface area contributed by atoms with Gasteiger partial charge in [-0.05, 0) is 12.1 Å². The second-order valence-electron chi connectivity index (χ2n) is 3.33. The third-order valence-electron chi connectivity index (χ3n) is 2.21. The molecule has 0 aliphatic rings. The lowest BCUT2D eigenvalue weighted by molar-refractivity contribution is -0.602. The minimum absolute atomic E-state index is 0.110. The van der Waals surface area contributed by atoms with Crippen molar-refractivity contribution in [2.45, 2.75) is 6.18 Å². The molecule has 0 saturated heterocycles. The molecule has 0 bridgehead atoms. The van der Waals surface area contributed by atoms with Crippen molar-refractivity contribution in [2.75, 3.05) is 0 Å². The highest BCUT2D eigenvalue weighted by atomic mass is 79.9. The van der Waals surface area contributed by atoms with Crippen molar-refractivity contribution in [1.82, 2.24) is 0 Å². The fraction of sp³-hybridized carbons (Fsp3) is 0.100. The first-order chi connectivity index (χ1) is 7.80. The second-order valence-corrected chi connectivity index (χ2v) is 4.65. The maximum absolute atomic E-state index is 12.5. The maximum Gasteiger partial charge on any atom is 0.478 e. The minimum Gasteiger partial charge on any atom is -0.618 e. The summed E-state index contributed by atoms with van der Waals surface area (Å²) in [6, 6.07) is 4.89. The molecule has 90 valence electrons. The summed E-state index contributed by atoms with van der Waals surface area (Å²) in [5.74, 6) is 0. The Morgan fingerprint density at radius 3 is 2.47 bits per heavy atom. The largest absolute Gasteiger partial charge is 0.618 e. The molecule has 1 aromatic carbocycles. The Morgan fingerprint density at radius 1 is 1.24 bits per heavy atom. The Bertz CT molecular complexity index is 600. The predicted molar refractivity (Wildman–Crippen MR) is 60.6 cm³/mol. The summed E-state index contributed by atoms with van der Waals surface area (Å²) >= 11 is 8.90. The smallest absolute Gasteiger partial charge is 0.478 e. The number of aromatic nitrogens is 1. The van der Waals surface area contributed by atoms with E-state index in [1.165, 1.54) is 18.2 Å². The van der Waals surface area contributed by atoms with Crippen LogP contribution in [-0.4, -0.2) is 0 Å². The number of halogens is 5. The second kappa shape index (κ2) is 4.03. The average Bonchev–Trinajstić information content (AvgIpc) is 2.21. The first-order valence-corrected chi connectivity index (χ1v) is 5.56. The van der Waals surface area contributed by atoms with Crippen LogP contribution >= 0.6 is 27.5 Å². The van der Waals surface area contributed by atoms with Gasteiger partial charge in [-0.1, -0.05) is 27.5 Å². The molecule has 0 amide bonds. The van der Waals surface area contributed by atoms with Gasteiger partial charge >= 0.3 is 11.9 Å². The van der Waals surface area contributed by atoms with Crippen LogP contribution in [-0.2, 0) is 6.18 Å². The Labute approximate surface area is 107 Å². The molecule has 0 spiro atoms. The van der Waals surface area contributed by atoms with Crippen molar-refractivity contribution in [1.29, 1.82) is 0 Å². The number of fused-ring (bicyclic) bond motifs is 1. The number of benzene rings is 1. The molecule has 1 heterocycles. The molecule has 0 fully saturated rings. The quantitative estimate of drug-likeness (QED) is 0.533. The van der Waals surface area contributed by atoms with E-state index < -0.39 is 11.9 Å². The van der Waals surface area contributed by atoms with Gasteiger partial charge in [0.15, 0.2) is 0 Å². The zero-order valence-electron chi connectivity index (χ0n) is 8.05. The van der Waals surface area contributed by atoms with E-state index >= 15 is 0 Å². The number of hydrogen-bond donors (Lipinski definition) is 0. The summed E-state index contributed by atoms with van der Waals surface area (Å²) in [5, 5.41) is 11.7. The van der Waals surface area contributed by atoms with E-state index in [0.717, 1.165) is 0 Å². The SMILES string of the molecule is [O-][n+]1c(C(F)(F)F)cc(Cl)c2cc(Br)ccc21. The fourth-order valence-corrected chi connectivity index (χ4v) is 2.08. The maximum atomic E-state index is 12.5. The van der Waals surface area contributed by atoms with Crippen molar-refractivity contribution >= 4 is 38.4 Å². The first kappa shape index (κ1) is 12.4. The van der Waals surface area contributed by atoms with Gasteiger partial charge in [0.25, 0.3) is 0 Å². The number of alkyl halides is 3. The van der Waals surface area contributed by atoms with Crippen molar-refractivity contribution in [3.63, 3.8) is 0 Å². The molecule has 0 N–H and O–H groups in total. The molecule has 0 aliphatic carbocycles. The molecule has 0 atom stereocenters. The number of hydrogen-bond acceptors (Lipinski definition) is 1. The van der Waals surface area contributed by atoms with Crippen LogP contribution in [0.3, 0.4) is 0 Å². The van der Waals surface area contributed by atoms with Crippen molar-refractivity contribution in [3.05, 3.63) is 44.7 Å². The summed E-state index contributed by atoms with van der Waals surface area (Å²) < 4.78 is 38.1. The normalized spacial score (nSPS) is 12.1. The van der Waals surface area contributed by atoms with E-state index in [0.29, 0.717) is 10.5 Å². The fourth-order valence-electron chi connectivity index (χ4n) is 1.46. The van der Waals surface area contributed by atoms with Gasteiger partial charge in [0, 0.05) is 16.6 Å². The highest BCUT2D eigenvalue weighted by Crippen LogP contribution is 2.32. The average molecular weight is 326 g/mol. The molecule has 0 saturated carbocycles. The molecule has 17 heavy (non-hydrogen) atoms. The molecule has 2 rings (SSSR count). The molecular formula is C10H4BrClF3NO. The summed E-state index contributed by atoms with van der Waals surface area (Å²) in [4.78, 5) is 0. The molecule has 2 aromatic rings. The lowest BCUT2D eigenvalue weighted by Gasteiger charge is -2.11. The molecule has 0 aliphatic heterocycles. The highest BCUT2D eigenvalue weighted by Gasteiger charge is 2.41. The monoisotopic (exact) mass is 325 g/mol. The molecule has 2 nitrogen and oxygen atoms in total. The molecule has 0 radical (unpaired) electrons. The van der Waals surface area contributed by atoms with Gasteiger partial charge in [0.2, 0.25) is 5.52 Å². The summed E-state index contributed by atoms with van der Waals surface area (Å²) in [5.41, 5.74) is -1.44. The Hall–Kier alpha value is -1.01. The number of rotatable bonds is 0. The van der Waals surface area contributed by atoms with Crippen LogP contribution in [0.15, 0.2) is 28.7 Å². The van der Waals surface area contributed by atoms with E-state index in [4.69, 9.17) is 11.6 Å². The molecule has 7 heteroatoms. The van der Waals surface area contributed by atoms with Crippen LogP contribution in [0.4, 0.5) is 13.2 Å². The molecular weight excluding hydrogens is 322 g/mol. The summed E-state index contributed by atoms with van der Waals surface area (Å²) in [7, 11) is 0. The van der Waals surface area contributed by atoms with Crippen molar-refractivity contribution in [2.24, 2.45) is 0 Å². The zero-order chi connectivity index (χ0) is 12.8. The minimum atomic E-state index is -4.73.